The maximum atomic E-state index is 5.65. The van der Waals surface area contributed by atoms with Crippen molar-refractivity contribution < 1.29 is 18.9 Å². The molecule has 0 aromatic heterocycles. The van der Waals surface area contributed by atoms with E-state index in [4.69, 9.17) is 23.9 Å². The number of guanidine groups is 1. The number of nitrogens with zero attached hydrogens (tertiary/aromatic N) is 2. The van der Waals surface area contributed by atoms with Crippen molar-refractivity contribution in [3.8, 4) is 17.2 Å². The van der Waals surface area contributed by atoms with Gasteiger partial charge in [0.1, 0.15) is 17.2 Å². The van der Waals surface area contributed by atoms with Crippen molar-refractivity contribution in [2.75, 3.05) is 60.7 Å². The van der Waals surface area contributed by atoms with Crippen LogP contribution < -0.4 is 19.5 Å². The number of hydrogen-bond donors (Lipinski definition) is 1. The minimum absolute atomic E-state index is 0. The molecule has 1 aromatic carbocycles. The number of hydrogen-bond acceptors (Lipinski definition) is 5. The maximum Gasteiger partial charge on any atom is 0.193 e. The summed E-state index contributed by atoms with van der Waals surface area (Å²) in [6.45, 7) is 7.44. The van der Waals surface area contributed by atoms with E-state index in [2.05, 4.69) is 17.1 Å². The molecule has 164 valence electrons. The normalized spacial score (nSPS) is 21.2. The van der Waals surface area contributed by atoms with Crippen LogP contribution in [0, 0.1) is 5.41 Å². The Labute approximate surface area is 191 Å². The molecule has 8 heteroatoms. The molecule has 3 rings (SSSR count). The van der Waals surface area contributed by atoms with Gasteiger partial charge in [-0.1, -0.05) is 0 Å². The van der Waals surface area contributed by atoms with Crippen LogP contribution in [0.5, 0.6) is 17.2 Å². The maximum absolute atomic E-state index is 5.65. The number of nitrogens with one attached hydrogen (secondary N) is 1. The van der Waals surface area contributed by atoms with E-state index in [9.17, 15) is 0 Å². The van der Waals surface area contributed by atoms with Crippen molar-refractivity contribution in [1.82, 2.24) is 10.2 Å². The Kier molecular flexibility index (Phi) is 9.13. The molecule has 1 aromatic rings. The second-order valence-electron chi connectivity index (χ2n) is 7.47. The third-order valence-corrected chi connectivity index (χ3v) is 5.70. The first kappa shape index (κ1) is 23.9. The van der Waals surface area contributed by atoms with E-state index in [0.717, 1.165) is 74.5 Å². The molecule has 1 N–H and O–H groups in total. The lowest BCUT2D eigenvalue weighted by Gasteiger charge is -2.25. The van der Waals surface area contributed by atoms with Gasteiger partial charge < -0.3 is 29.2 Å². The lowest BCUT2D eigenvalue weighted by molar-refractivity contribution is 0.156. The van der Waals surface area contributed by atoms with Crippen molar-refractivity contribution in [1.29, 1.82) is 0 Å². The molecule has 29 heavy (non-hydrogen) atoms. The number of aliphatic imine (C=N–C) groups is 1. The Morgan fingerprint density at radius 3 is 2.45 bits per heavy atom. The molecule has 2 fully saturated rings. The van der Waals surface area contributed by atoms with Gasteiger partial charge in [0.25, 0.3) is 0 Å². The minimum Gasteiger partial charge on any atom is -0.496 e. The van der Waals surface area contributed by atoms with E-state index in [-0.39, 0.29) is 24.0 Å². The van der Waals surface area contributed by atoms with Crippen LogP contribution >= 0.6 is 24.0 Å². The summed E-state index contributed by atoms with van der Waals surface area (Å²) in [4.78, 5) is 7.26. The smallest absolute Gasteiger partial charge is 0.193 e. The molecule has 0 amide bonds. The van der Waals surface area contributed by atoms with Crippen LogP contribution in [-0.4, -0.2) is 71.6 Å². The second kappa shape index (κ2) is 11.1. The lowest BCUT2D eigenvalue weighted by atomic mass is 9.87. The molecule has 2 heterocycles. The first-order chi connectivity index (χ1) is 13.6. The van der Waals surface area contributed by atoms with Crippen LogP contribution in [-0.2, 0) is 11.2 Å². The van der Waals surface area contributed by atoms with Gasteiger partial charge in [-0.15, -0.1) is 24.0 Å². The van der Waals surface area contributed by atoms with Crippen molar-refractivity contribution in [3.05, 3.63) is 17.7 Å². The molecule has 0 bridgehead atoms. The van der Waals surface area contributed by atoms with Gasteiger partial charge in [-0.3, -0.25) is 4.99 Å². The van der Waals surface area contributed by atoms with Crippen molar-refractivity contribution in [2.24, 2.45) is 10.4 Å². The molecule has 1 spiro atoms. The predicted molar refractivity (Wildman–Crippen MR) is 125 cm³/mol. The quantitative estimate of drug-likeness (QED) is 0.340. The Hall–Kier alpha value is -1.42. The van der Waals surface area contributed by atoms with Crippen molar-refractivity contribution in [3.63, 3.8) is 0 Å². The van der Waals surface area contributed by atoms with Crippen LogP contribution in [0.15, 0.2) is 17.1 Å². The summed E-state index contributed by atoms with van der Waals surface area (Å²) in [5.41, 5.74) is 1.33. The fraction of sp³-hybridized carbons (Fsp3) is 0.667. The molecule has 0 aliphatic carbocycles. The van der Waals surface area contributed by atoms with Gasteiger partial charge in [-0.2, -0.15) is 0 Å². The van der Waals surface area contributed by atoms with Gasteiger partial charge in [-0.25, -0.2) is 0 Å². The fourth-order valence-electron chi connectivity index (χ4n) is 4.11. The summed E-state index contributed by atoms with van der Waals surface area (Å²) in [5, 5.41) is 3.45. The molecule has 1 unspecified atom stereocenters. The molecule has 1 atom stereocenters. The first-order valence-corrected chi connectivity index (χ1v) is 10.0. The van der Waals surface area contributed by atoms with Crippen LogP contribution in [0.3, 0.4) is 0 Å². The molecule has 0 saturated carbocycles. The topological polar surface area (TPSA) is 64.6 Å². The Bertz CT molecular complexity index is 667. The lowest BCUT2D eigenvalue weighted by Crippen LogP contribution is -2.41. The van der Waals surface area contributed by atoms with E-state index in [1.54, 1.807) is 21.3 Å². The average molecular weight is 519 g/mol. The highest BCUT2D eigenvalue weighted by Gasteiger charge is 2.42. The Balaban J connectivity index is 0.00000300. The summed E-state index contributed by atoms with van der Waals surface area (Å²) in [6.07, 6.45) is 3.06. The van der Waals surface area contributed by atoms with Gasteiger partial charge in [-0.05, 0) is 26.2 Å². The number of methoxy groups -OCH3 is 3. The number of halogens is 1. The predicted octanol–water partition coefficient (Wildman–Crippen LogP) is 2.95. The Morgan fingerprint density at radius 1 is 1.17 bits per heavy atom. The van der Waals surface area contributed by atoms with Crippen molar-refractivity contribution >= 4 is 29.9 Å². The summed E-state index contributed by atoms with van der Waals surface area (Å²) in [6, 6.07) is 3.77. The zero-order valence-electron chi connectivity index (χ0n) is 18.0. The van der Waals surface area contributed by atoms with E-state index >= 15 is 0 Å². The largest absolute Gasteiger partial charge is 0.496 e. The minimum atomic E-state index is 0. The zero-order valence-corrected chi connectivity index (χ0v) is 20.3. The zero-order chi connectivity index (χ0) is 20.0. The Morgan fingerprint density at radius 2 is 1.90 bits per heavy atom. The number of likely N-dealkylation sites (tertiary alicyclic amines) is 1. The molecular formula is C21H34IN3O4. The number of benzene rings is 1. The van der Waals surface area contributed by atoms with Crippen LogP contribution in [0.25, 0.3) is 0 Å². The highest BCUT2D eigenvalue weighted by atomic mass is 127. The van der Waals surface area contributed by atoms with E-state index in [1.165, 1.54) is 6.42 Å². The summed E-state index contributed by atoms with van der Waals surface area (Å²) < 4.78 is 22.1. The van der Waals surface area contributed by atoms with Crippen LogP contribution in [0.2, 0.25) is 0 Å². The fourth-order valence-corrected chi connectivity index (χ4v) is 4.11. The molecule has 2 aliphatic rings. The third kappa shape index (κ3) is 5.59. The molecular weight excluding hydrogens is 485 g/mol. The van der Waals surface area contributed by atoms with E-state index < -0.39 is 0 Å². The monoisotopic (exact) mass is 519 g/mol. The summed E-state index contributed by atoms with van der Waals surface area (Å²) in [7, 11) is 4.97. The number of rotatable bonds is 7. The van der Waals surface area contributed by atoms with Crippen LogP contribution in [0.1, 0.15) is 25.3 Å². The number of ether oxygens (including phenoxy) is 4. The second-order valence-corrected chi connectivity index (χ2v) is 7.47. The standard InChI is InChI=1S/C21H33N3O4.HI/c1-5-22-20(24-10-7-21(14-24)8-11-28-15-21)23-9-6-17-18(26-3)12-16(25-2)13-19(17)27-4;/h12-13H,5-11,14-15H2,1-4H3,(H,22,23);1H. The van der Waals surface area contributed by atoms with Gasteiger partial charge in [0.05, 0.1) is 27.9 Å². The van der Waals surface area contributed by atoms with Gasteiger partial charge in [0.2, 0.25) is 0 Å². The highest BCUT2D eigenvalue weighted by molar-refractivity contribution is 14.0. The average Bonchev–Trinajstić information content (AvgIpc) is 3.36. The van der Waals surface area contributed by atoms with Crippen molar-refractivity contribution in [2.45, 2.75) is 26.2 Å². The molecule has 2 saturated heterocycles. The van der Waals surface area contributed by atoms with E-state index in [1.807, 2.05) is 12.1 Å². The highest BCUT2D eigenvalue weighted by Crippen LogP contribution is 2.38. The van der Waals surface area contributed by atoms with E-state index in [0.29, 0.717) is 12.0 Å². The third-order valence-electron chi connectivity index (χ3n) is 5.70. The summed E-state index contributed by atoms with van der Waals surface area (Å²) in [5.74, 6) is 3.23. The van der Waals surface area contributed by atoms with Gasteiger partial charge >= 0.3 is 0 Å². The molecule has 7 nitrogen and oxygen atoms in total. The SMILES string of the molecule is CCNC(=NCCc1c(OC)cc(OC)cc1OC)N1CCC2(CCOC2)C1.I. The van der Waals surface area contributed by atoms with Crippen LogP contribution in [0.4, 0.5) is 0 Å². The molecule has 2 aliphatic heterocycles. The summed E-state index contributed by atoms with van der Waals surface area (Å²) >= 11 is 0. The molecule has 0 radical (unpaired) electrons. The first-order valence-electron chi connectivity index (χ1n) is 10.0. The van der Waals surface area contributed by atoms with Gasteiger partial charge in [0, 0.05) is 55.9 Å². The van der Waals surface area contributed by atoms with Gasteiger partial charge in [0.15, 0.2) is 5.96 Å².